The number of hydrogen-bond donors (Lipinski definition) is 2. The van der Waals surface area contributed by atoms with Crippen LogP contribution in [0.1, 0.15) is 16.5 Å². The maximum absolute atomic E-state index is 6.22. The van der Waals surface area contributed by atoms with E-state index in [1.807, 2.05) is 24.3 Å². The van der Waals surface area contributed by atoms with Crippen molar-refractivity contribution in [3.63, 3.8) is 0 Å². The lowest BCUT2D eigenvalue weighted by atomic mass is 10.1. The van der Waals surface area contributed by atoms with Crippen molar-refractivity contribution in [2.24, 2.45) is 10.7 Å². The van der Waals surface area contributed by atoms with Gasteiger partial charge in [0.1, 0.15) is 12.4 Å². The number of nitrogens with two attached hydrogens (primary N) is 1. The van der Waals surface area contributed by atoms with Gasteiger partial charge in [0.15, 0.2) is 5.96 Å². The van der Waals surface area contributed by atoms with Crippen LogP contribution in [0.2, 0.25) is 5.02 Å². The molecule has 1 unspecified atom stereocenters. The molecule has 1 aliphatic heterocycles. The van der Waals surface area contributed by atoms with Crippen LogP contribution >= 0.6 is 22.9 Å². The maximum atomic E-state index is 6.22. The molecule has 0 spiro atoms. The Balaban J connectivity index is 1.60. The number of ether oxygens (including phenoxy) is 1. The van der Waals surface area contributed by atoms with E-state index in [0.717, 1.165) is 17.7 Å². The van der Waals surface area contributed by atoms with Gasteiger partial charge in [-0.1, -0.05) is 23.7 Å². The zero-order valence-electron chi connectivity index (χ0n) is 11.4. The molecule has 1 atom stereocenters. The summed E-state index contributed by atoms with van der Waals surface area (Å²) in [7, 11) is 0. The van der Waals surface area contributed by atoms with Gasteiger partial charge in [-0.3, -0.25) is 4.99 Å². The molecule has 110 valence electrons. The van der Waals surface area contributed by atoms with Gasteiger partial charge in [0, 0.05) is 28.4 Å². The van der Waals surface area contributed by atoms with Gasteiger partial charge in [-0.25, -0.2) is 0 Å². The summed E-state index contributed by atoms with van der Waals surface area (Å²) in [4.78, 5) is 5.67. The van der Waals surface area contributed by atoms with E-state index < -0.39 is 0 Å². The molecule has 2 heterocycles. The van der Waals surface area contributed by atoms with Gasteiger partial charge in [0.25, 0.3) is 0 Å². The monoisotopic (exact) mass is 321 g/mol. The van der Waals surface area contributed by atoms with Crippen LogP contribution in [0.4, 0.5) is 0 Å². The van der Waals surface area contributed by atoms with E-state index in [2.05, 4.69) is 21.8 Å². The Morgan fingerprint density at radius 1 is 1.43 bits per heavy atom. The molecule has 2 aromatic rings. The fraction of sp³-hybridized carbons (Fsp3) is 0.267. The fourth-order valence-corrected chi connectivity index (χ4v) is 3.31. The van der Waals surface area contributed by atoms with Gasteiger partial charge >= 0.3 is 0 Å². The zero-order chi connectivity index (χ0) is 14.7. The van der Waals surface area contributed by atoms with Gasteiger partial charge in [-0.15, -0.1) is 11.3 Å². The number of nitrogens with zero attached hydrogens (tertiary/aromatic N) is 1. The molecule has 0 bridgehead atoms. The number of halogens is 1. The summed E-state index contributed by atoms with van der Waals surface area (Å²) in [6.07, 6.45) is 0.901. The first-order valence-corrected chi connectivity index (χ1v) is 8.00. The molecule has 3 rings (SSSR count). The maximum Gasteiger partial charge on any atom is 0.189 e. The molecule has 1 aromatic heterocycles. The minimum atomic E-state index is -0.0424. The van der Waals surface area contributed by atoms with Crippen molar-refractivity contribution in [1.29, 1.82) is 0 Å². The SMILES string of the molecule is NC(=NCCc1cccs1)NC1COc2cccc(Cl)c21. The molecular weight excluding hydrogens is 306 g/mol. The molecule has 3 N–H and O–H groups in total. The minimum Gasteiger partial charge on any atom is -0.491 e. The van der Waals surface area contributed by atoms with Crippen LogP contribution in [0.15, 0.2) is 40.7 Å². The van der Waals surface area contributed by atoms with Crippen molar-refractivity contribution in [3.8, 4) is 5.75 Å². The third-order valence-electron chi connectivity index (χ3n) is 3.31. The molecule has 1 aliphatic rings. The third-order valence-corrected chi connectivity index (χ3v) is 4.58. The highest BCUT2D eigenvalue weighted by Gasteiger charge is 2.26. The van der Waals surface area contributed by atoms with E-state index in [1.54, 1.807) is 11.3 Å². The van der Waals surface area contributed by atoms with Gasteiger partial charge in [-0.2, -0.15) is 0 Å². The van der Waals surface area contributed by atoms with Gasteiger partial charge in [-0.05, 0) is 23.6 Å². The Morgan fingerprint density at radius 3 is 3.14 bits per heavy atom. The number of nitrogens with one attached hydrogen (secondary N) is 1. The quantitative estimate of drug-likeness (QED) is 0.672. The van der Waals surface area contributed by atoms with Crippen LogP contribution in [0, 0.1) is 0 Å². The molecular formula is C15H16ClN3OS. The average molecular weight is 322 g/mol. The molecule has 1 aromatic carbocycles. The topological polar surface area (TPSA) is 59.6 Å². The van der Waals surface area contributed by atoms with E-state index in [-0.39, 0.29) is 6.04 Å². The Bertz CT molecular complexity index is 642. The number of guanidine groups is 1. The predicted octanol–water partition coefficient (Wildman–Crippen LogP) is 2.98. The summed E-state index contributed by atoms with van der Waals surface area (Å²) in [6.45, 7) is 1.18. The zero-order valence-corrected chi connectivity index (χ0v) is 13.0. The molecule has 4 nitrogen and oxygen atoms in total. The number of fused-ring (bicyclic) bond motifs is 1. The lowest BCUT2D eigenvalue weighted by molar-refractivity contribution is 0.324. The van der Waals surface area contributed by atoms with Crippen LogP contribution in [-0.2, 0) is 6.42 Å². The summed E-state index contributed by atoms with van der Waals surface area (Å²) in [5.41, 5.74) is 6.90. The van der Waals surface area contributed by atoms with Crippen LogP contribution < -0.4 is 15.8 Å². The smallest absolute Gasteiger partial charge is 0.189 e. The number of thiophene rings is 1. The molecule has 21 heavy (non-hydrogen) atoms. The molecule has 6 heteroatoms. The molecule has 0 saturated carbocycles. The first-order valence-electron chi connectivity index (χ1n) is 6.74. The van der Waals surface area contributed by atoms with Crippen molar-refractivity contribution >= 4 is 28.9 Å². The summed E-state index contributed by atoms with van der Waals surface area (Å²) in [5, 5.41) is 5.93. The normalized spacial score (nSPS) is 17.4. The lowest BCUT2D eigenvalue weighted by Gasteiger charge is -2.13. The largest absolute Gasteiger partial charge is 0.491 e. The van der Waals surface area contributed by atoms with Crippen molar-refractivity contribution in [2.75, 3.05) is 13.2 Å². The van der Waals surface area contributed by atoms with Crippen molar-refractivity contribution in [3.05, 3.63) is 51.2 Å². The summed E-state index contributed by atoms with van der Waals surface area (Å²) >= 11 is 7.95. The van der Waals surface area contributed by atoms with Crippen LogP contribution in [0.3, 0.4) is 0 Å². The van der Waals surface area contributed by atoms with Crippen molar-refractivity contribution in [1.82, 2.24) is 5.32 Å². The number of benzene rings is 1. The first-order chi connectivity index (χ1) is 10.2. The fourth-order valence-electron chi connectivity index (χ4n) is 2.32. The standard InChI is InChI=1S/C15H16ClN3OS/c16-11-4-1-5-13-14(11)12(9-20-13)19-15(17)18-7-6-10-3-2-8-21-10/h1-5,8,12H,6-7,9H2,(H3,17,18,19). The summed E-state index contributed by atoms with van der Waals surface area (Å²) < 4.78 is 5.60. The molecule has 0 saturated heterocycles. The molecule has 0 radical (unpaired) electrons. The third kappa shape index (κ3) is 3.31. The highest BCUT2D eigenvalue weighted by Crippen LogP contribution is 2.37. The van der Waals surface area contributed by atoms with E-state index in [1.165, 1.54) is 4.88 Å². The second-order valence-electron chi connectivity index (χ2n) is 4.76. The highest BCUT2D eigenvalue weighted by atomic mass is 35.5. The van der Waals surface area contributed by atoms with E-state index in [0.29, 0.717) is 24.1 Å². The second-order valence-corrected chi connectivity index (χ2v) is 6.20. The minimum absolute atomic E-state index is 0.0424. The van der Waals surface area contributed by atoms with Gasteiger partial charge < -0.3 is 15.8 Å². The number of aliphatic imine (C=N–C) groups is 1. The van der Waals surface area contributed by atoms with E-state index in [4.69, 9.17) is 22.1 Å². The molecule has 0 amide bonds. The first kappa shape index (κ1) is 14.2. The number of hydrogen-bond acceptors (Lipinski definition) is 3. The number of rotatable bonds is 4. The Hall–Kier alpha value is -1.72. The second kappa shape index (κ2) is 6.37. The summed E-state index contributed by atoms with van der Waals surface area (Å²) in [5.74, 6) is 1.24. The average Bonchev–Trinajstić information content (AvgIpc) is 3.10. The van der Waals surface area contributed by atoms with E-state index >= 15 is 0 Å². The van der Waals surface area contributed by atoms with Crippen molar-refractivity contribution < 1.29 is 4.74 Å². The Labute approximate surface area is 132 Å². The van der Waals surface area contributed by atoms with Crippen LogP contribution in [-0.4, -0.2) is 19.1 Å². The van der Waals surface area contributed by atoms with Crippen molar-refractivity contribution in [2.45, 2.75) is 12.5 Å². The lowest BCUT2D eigenvalue weighted by Crippen LogP contribution is -2.36. The Kier molecular flexibility index (Phi) is 4.31. The highest BCUT2D eigenvalue weighted by molar-refractivity contribution is 7.09. The van der Waals surface area contributed by atoms with E-state index in [9.17, 15) is 0 Å². The Morgan fingerprint density at radius 2 is 2.33 bits per heavy atom. The summed E-state index contributed by atoms with van der Waals surface area (Å²) in [6, 6.07) is 9.74. The van der Waals surface area contributed by atoms with Crippen LogP contribution in [0.5, 0.6) is 5.75 Å². The molecule has 0 fully saturated rings. The predicted molar refractivity (Wildman–Crippen MR) is 87.3 cm³/mol. The van der Waals surface area contributed by atoms with Gasteiger partial charge in [0.2, 0.25) is 0 Å². The van der Waals surface area contributed by atoms with Crippen LogP contribution in [0.25, 0.3) is 0 Å². The molecule has 0 aliphatic carbocycles. The van der Waals surface area contributed by atoms with Gasteiger partial charge in [0.05, 0.1) is 6.04 Å².